The summed E-state index contributed by atoms with van der Waals surface area (Å²) < 4.78 is 0. The van der Waals surface area contributed by atoms with Gasteiger partial charge in [-0.05, 0) is 54.9 Å². The first kappa shape index (κ1) is 18.2. The highest BCUT2D eigenvalue weighted by atomic mass is 14.1. The molecule has 0 aromatic heterocycles. The first-order valence-corrected chi connectivity index (χ1v) is 8.37. The predicted molar refractivity (Wildman–Crippen MR) is 101 cm³/mol. The van der Waals surface area contributed by atoms with E-state index in [-0.39, 0.29) is 0 Å². The van der Waals surface area contributed by atoms with Gasteiger partial charge in [0.25, 0.3) is 0 Å². The molecule has 0 unspecified atom stereocenters. The lowest BCUT2D eigenvalue weighted by molar-refractivity contribution is 0.881. The molecule has 0 saturated heterocycles. The van der Waals surface area contributed by atoms with Gasteiger partial charge in [-0.25, -0.2) is 0 Å². The lowest BCUT2D eigenvalue weighted by atomic mass is 9.94. The monoisotopic (exact) mass is 294 g/mol. The van der Waals surface area contributed by atoms with Gasteiger partial charge in [0.05, 0.1) is 0 Å². The Kier molecular flexibility index (Phi) is 8.28. The van der Waals surface area contributed by atoms with Crippen LogP contribution in [0.4, 0.5) is 0 Å². The Bertz CT molecular complexity index is 555. The third-order valence-electron chi connectivity index (χ3n) is 3.81. The molecular formula is C22H30. The molecule has 0 heteroatoms. The molecule has 0 saturated carbocycles. The maximum absolute atomic E-state index is 3.89. The van der Waals surface area contributed by atoms with Crippen molar-refractivity contribution in [1.29, 1.82) is 0 Å². The Labute approximate surface area is 137 Å². The second kappa shape index (κ2) is 10.00. The second-order valence-electron chi connectivity index (χ2n) is 5.75. The fourth-order valence-corrected chi connectivity index (χ4v) is 2.67. The molecule has 1 aromatic carbocycles. The quantitative estimate of drug-likeness (QED) is 0.346. The van der Waals surface area contributed by atoms with Crippen LogP contribution in [-0.2, 0) is 6.42 Å². The molecule has 0 atom stereocenters. The molecule has 0 heterocycles. The molecule has 0 spiro atoms. The molecular weight excluding hydrogens is 264 g/mol. The molecule has 0 aliphatic rings. The third-order valence-corrected chi connectivity index (χ3v) is 3.81. The predicted octanol–water partition coefficient (Wildman–Crippen LogP) is 6.82. The van der Waals surface area contributed by atoms with Gasteiger partial charge >= 0.3 is 0 Å². The molecule has 0 radical (unpaired) electrons. The van der Waals surface area contributed by atoms with Crippen molar-refractivity contribution in [2.75, 3.05) is 0 Å². The molecule has 0 aliphatic carbocycles. The van der Waals surface area contributed by atoms with E-state index in [0.29, 0.717) is 0 Å². The number of allylic oxidation sites excluding steroid dienone is 6. The molecule has 0 bridgehead atoms. The minimum atomic E-state index is 0.928. The van der Waals surface area contributed by atoms with Gasteiger partial charge in [0.15, 0.2) is 0 Å². The summed E-state index contributed by atoms with van der Waals surface area (Å²) in [5, 5.41) is 0. The number of hydrogen-bond donors (Lipinski definition) is 0. The zero-order chi connectivity index (χ0) is 16.4. The first-order valence-electron chi connectivity index (χ1n) is 8.37. The van der Waals surface area contributed by atoms with Crippen LogP contribution in [0, 0.1) is 6.92 Å². The molecule has 0 nitrogen and oxygen atoms in total. The van der Waals surface area contributed by atoms with Crippen molar-refractivity contribution in [2.45, 2.75) is 52.9 Å². The highest BCUT2D eigenvalue weighted by molar-refractivity contribution is 5.75. The summed E-state index contributed by atoms with van der Waals surface area (Å²) >= 11 is 0. The van der Waals surface area contributed by atoms with Gasteiger partial charge in [-0.2, -0.15) is 0 Å². The Balaban J connectivity index is 3.22. The largest absolute Gasteiger partial charge is 0.103 e. The maximum Gasteiger partial charge on any atom is -0.00973 e. The van der Waals surface area contributed by atoms with Gasteiger partial charge < -0.3 is 0 Å². The molecule has 1 rings (SSSR count). The zero-order valence-corrected chi connectivity index (χ0v) is 14.5. The summed E-state index contributed by atoms with van der Waals surface area (Å²) in [4.78, 5) is 0. The van der Waals surface area contributed by atoms with Crippen LogP contribution in [0.15, 0.2) is 61.2 Å². The van der Waals surface area contributed by atoms with Gasteiger partial charge in [-0.15, -0.1) is 13.2 Å². The van der Waals surface area contributed by atoms with Crippen molar-refractivity contribution in [3.8, 4) is 0 Å². The number of benzene rings is 1. The van der Waals surface area contributed by atoms with Crippen molar-refractivity contribution in [1.82, 2.24) is 0 Å². The van der Waals surface area contributed by atoms with Crippen LogP contribution in [-0.4, -0.2) is 0 Å². The lowest BCUT2D eigenvalue weighted by Gasteiger charge is -2.11. The fourth-order valence-electron chi connectivity index (χ4n) is 2.67. The lowest BCUT2D eigenvalue weighted by Crippen LogP contribution is -1.92. The first-order chi connectivity index (χ1) is 10.7. The molecule has 0 aliphatic heterocycles. The normalized spacial score (nSPS) is 12.3. The van der Waals surface area contributed by atoms with Crippen LogP contribution in [0.2, 0.25) is 0 Å². The summed E-state index contributed by atoms with van der Waals surface area (Å²) in [6, 6.07) is 6.77. The van der Waals surface area contributed by atoms with Crippen LogP contribution in [0.25, 0.3) is 5.57 Å². The number of rotatable bonds is 9. The van der Waals surface area contributed by atoms with Crippen molar-refractivity contribution >= 4 is 5.57 Å². The van der Waals surface area contributed by atoms with Crippen LogP contribution in [0.5, 0.6) is 0 Å². The van der Waals surface area contributed by atoms with Crippen LogP contribution < -0.4 is 0 Å². The van der Waals surface area contributed by atoms with E-state index in [1.807, 2.05) is 12.2 Å². The average molecular weight is 294 g/mol. The standard InChI is InChI=1S/C22H30/c1-6-10-19(11-7-2)16-21(13-9-4)22-15-14-18(5)20(17-22)12-8-3/h6,8,13-17H,1,3,7,9-12H2,2,4-5H3/b19-16-,21-13+. The Morgan fingerprint density at radius 2 is 1.91 bits per heavy atom. The molecule has 118 valence electrons. The van der Waals surface area contributed by atoms with E-state index in [4.69, 9.17) is 0 Å². The van der Waals surface area contributed by atoms with E-state index >= 15 is 0 Å². The van der Waals surface area contributed by atoms with Gasteiger partial charge in [0.1, 0.15) is 0 Å². The number of aryl methyl sites for hydroxylation is 1. The highest BCUT2D eigenvalue weighted by Gasteiger charge is 2.04. The topological polar surface area (TPSA) is 0 Å². The third kappa shape index (κ3) is 5.52. The summed E-state index contributed by atoms with van der Waals surface area (Å²) in [5.74, 6) is 0. The van der Waals surface area contributed by atoms with E-state index in [0.717, 1.165) is 25.7 Å². The minimum Gasteiger partial charge on any atom is -0.103 e. The van der Waals surface area contributed by atoms with Crippen molar-refractivity contribution < 1.29 is 0 Å². The van der Waals surface area contributed by atoms with Gasteiger partial charge in [-0.3, -0.25) is 0 Å². The molecule has 0 N–H and O–H groups in total. The van der Waals surface area contributed by atoms with E-state index in [1.165, 1.54) is 34.3 Å². The van der Waals surface area contributed by atoms with Crippen molar-refractivity contribution in [3.05, 3.63) is 77.9 Å². The smallest absolute Gasteiger partial charge is 0.00973 e. The minimum absolute atomic E-state index is 0.928. The zero-order valence-electron chi connectivity index (χ0n) is 14.5. The molecule has 22 heavy (non-hydrogen) atoms. The van der Waals surface area contributed by atoms with Gasteiger partial charge in [0, 0.05) is 0 Å². The SMILES string of the molecule is C=CC/C(=C/C(=C\CC)c1ccc(C)c(CC=C)c1)CCC. The van der Waals surface area contributed by atoms with Crippen LogP contribution in [0.1, 0.15) is 56.2 Å². The summed E-state index contributed by atoms with van der Waals surface area (Å²) in [6.07, 6.45) is 13.9. The van der Waals surface area contributed by atoms with E-state index in [9.17, 15) is 0 Å². The van der Waals surface area contributed by atoms with Gasteiger partial charge in [-0.1, -0.05) is 68.3 Å². The molecule has 0 amide bonds. The number of hydrogen-bond acceptors (Lipinski definition) is 0. The Morgan fingerprint density at radius 1 is 1.14 bits per heavy atom. The van der Waals surface area contributed by atoms with E-state index in [1.54, 1.807) is 0 Å². The summed E-state index contributed by atoms with van der Waals surface area (Å²) in [7, 11) is 0. The summed E-state index contributed by atoms with van der Waals surface area (Å²) in [5.41, 5.74) is 6.80. The van der Waals surface area contributed by atoms with Crippen molar-refractivity contribution in [3.63, 3.8) is 0 Å². The van der Waals surface area contributed by atoms with E-state index in [2.05, 4.69) is 64.3 Å². The fraction of sp³-hybridized carbons (Fsp3) is 0.364. The Morgan fingerprint density at radius 3 is 2.50 bits per heavy atom. The Hall–Kier alpha value is -1.82. The van der Waals surface area contributed by atoms with E-state index < -0.39 is 0 Å². The van der Waals surface area contributed by atoms with Crippen LogP contribution in [0.3, 0.4) is 0 Å². The second-order valence-corrected chi connectivity index (χ2v) is 5.75. The maximum atomic E-state index is 3.89. The molecule has 0 fully saturated rings. The summed E-state index contributed by atoms with van der Waals surface area (Å²) in [6.45, 7) is 14.3. The van der Waals surface area contributed by atoms with Crippen LogP contribution >= 0.6 is 0 Å². The molecule has 1 aromatic rings. The van der Waals surface area contributed by atoms with Gasteiger partial charge in [0.2, 0.25) is 0 Å². The van der Waals surface area contributed by atoms with Crippen molar-refractivity contribution in [2.24, 2.45) is 0 Å². The highest BCUT2D eigenvalue weighted by Crippen LogP contribution is 2.24. The average Bonchev–Trinajstić information content (AvgIpc) is 2.50.